The number of nitrogens with one attached hydrogen (secondary N) is 1. The van der Waals surface area contributed by atoms with Gasteiger partial charge >= 0.3 is 0 Å². The zero-order chi connectivity index (χ0) is 13.8. The molecule has 0 spiro atoms. The van der Waals surface area contributed by atoms with Crippen molar-refractivity contribution in [1.29, 1.82) is 0 Å². The van der Waals surface area contributed by atoms with E-state index in [0.717, 1.165) is 42.9 Å². The summed E-state index contributed by atoms with van der Waals surface area (Å²) in [6.07, 6.45) is 7.12. The van der Waals surface area contributed by atoms with Crippen LogP contribution in [0.25, 0.3) is 0 Å². The summed E-state index contributed by atoms with van der Waals surface area (Å²) >= 11 is 2.00. The molecule has 2 atom stereocenters. The number of hydrogen-bond acceptors (Lipinski definition) is 4. The van der Waals surface area contributed by atoms with Gasteiger partial charge in [0.15, 0.2) is 11.5 Å². The largest absolute Gasteiger partial charge is 0.490 e. The fraction of sp³-hybridized carbons (Fsp3) is 0.625. The van der Waals surface area contributed by atoms with Crippen LogP contribution >= 0.6 is 11.8 Å². The molecule has 0 radical (unpaired) electrons. The lowest BCUT2D eigenvalue weighted by atomic mass is 10.1. The first-order valence-electron chi connectivity index (χ1n) is 7.50. The second-order valence-electron chi connectivity index (χ2n) is 5.58. The summed E-state index contributed by atoms with van der Waals surface area (Å²) in [5, 5.41) is 4.52. The molecule has 2 unspecified atom stereocenters. The number of benzene rings is 1. The van der Waals surface area contributed by atoms with Gasteiger partial charge in [-0.1, -0.05) is 6.07 Å². The quantitative estimate of drug-likeness (QED) is 0.923. The lowest BCUT2D eigenvalue weighted by Gasteiger charge is -2.14. The Morgan fingerprint density at radius 1 is 1.20 bits per heavy atom. The predicted molar refractivity (Wildman–Crippen MR) is 83.8 cm³/mol. The molecule has 110 valence electrons. The average molecular weight is 293 g/mol. The van der Waals surface area contributed by atoms with Crippen molar-refractivity contribution in [3.05, 3.63) is 23.8 Å². The third-order valence-corrected chi connectivity index (χ3v) is 5.22. The van der Waals surface area contributed by atoms with E-state index in [9.17, 15) is 0 Å². The van der Waals surface area contributed by atoms with Gasteiger partial charge in [-0.05, 0) is 43.2 Å². The molecule has 0 amide bonds. The molecule has 1 aliphatic heterocycles. The molecule has 0 saturated heterocycles. The number of rotatable bonds is 4. The number of hydrogen-bond donors (Lipinski definition) is 1. The smallest absolute Gasteiger partial charge is 0.161 e. The Labute approximate surface area is 125 Å². The molecule has 0 bridgehead atoms. The molecule has 3 nitrogen and oxygen atoms in total. The summed E-state index contributed by atoms with van der Waals surface area (Å²) < 4.78 is 11.4. The van der Waals surface area contributed by atoms with Gasteiger partial charge in [0, 0.05) is 24.3 Å². The topological polar surface area (TPSA) is 30.5 Å². The predicted octanol–water partition coefficient (Wildman–Crippen LogP) is 3.22. The standard InChI is InChI=1S/C16H23NO2S/c1-20-14-5-4-13(10-14)17-11-12-3-6-15-16(9-12)19-8-2-7-18-15/h3,6,9,13-14,17H,2,4-5,7-8,10-11H2,1H3. The zero-order valence-corrected chi connectivity index (χ0v) is 12.9. The van der Waals surface area contributed by atoms with Crippen LogP contribution in [0.1, 0.15) is 31.2 Å². The molecule has 2 aliphatic rings. The molecule has 1 aromatic rings. The van der Waals surface area contributed by atoms with Gasteiger partial charge in [0.2, 0.25) is 0 Å². The van der Waals surface area contributed by atoms with E-state index in [0.29, 0.717) is 6.04 Å². The summed E-state index contributed by atoms with van der Waals surface area (Å²) in [5.41, 5.74) is 1.28. The first-order chi connectivity index (χ1) is 9.85. The normalized spacial score (nSPS) is 25.4. The van der Waals surface area contributed by atoms with Gasteiger partial charge in [0.25, 0.3) is 0 Å². The molecular weight excluding hydrogens is 270 g/mol. The highest BCUT2D eigenvalue weighted by Gasteiger charge is 2.23. The van der Waals surface area contributed by atoms with Gasteiger partial charge in [-0.25, -0.2) is 0 Å². The maximum Gasteiger partial charge on any atom is 0.161 e. The summed E-state index contributed by atoms with van der Waals surface area (Å²) in [5.74, 6) is 1.78. The van der Waals surface area contributed by atoms with Crippen LogP contribution in [0, 0.1) is 0 Å². The molecule has 1 aromatic carbocycles. The van der Waals surface area contributed by atoms with Crippen LogP contribution in [0.3, 0.4) is 0 Å². The van der Waals surface area contributed by atoms with Crippen LogP contribution < -0.4 is 14.8 Å². The van der Waals surface area contributed by atoms with Gasteiger partial charge in [0.05, 0.1) is 13.2 Å². The highest BCUT2D eigenvalue weighted by atomic mass is 32.2. The van der Waals surface area contributed by atoms with Crippen LogP contribution in [0.4, 0.5) is 0 Å². The van der Waals surface area contributed by atoms with Crippen LogP contribution in [-0.4, -0.2) is 30.8 Å². The van der Waals surface area contributed by atoms with E-state index in [-0.39, 0.29) is 0 Å². The van der Waals surface area contributed by atoms with E-state index in [1.165, 1.54) is 24.8 Å². The van der Waals surface area contributed by atoms with Gasteiger partial charge in [-0.15, -0.1) is 0 Å². The third-order valence-electron chi connectivity index (χ3n) is 4.12. The Morgan fingerprint density at radius 3 is 2.85 bits per heavy atom. The monoisotopic (exact) mass is 293 g/mol. The van der Waals surface area contributed by atoms with Gasteiger partial charge in [-0.3, -0.25) is 0 Å². The summed E-state index contributed by atoms with van der Waals surface area (Å²) in [7, 11) is 0. The van der Waals surface area contributed by atoms with Crippen LogP contribution in [0.15, 0.2) is 18.2 Å². The Hall–Kier alpha value is -0.870. The Bertz CT molecular complexity index is 452. The van der Waals surface area contributed by atoms with Crippen molar-refractivity contribution in [2.24, 2.45) is 0 Å². The minimum Gasteiger partial charge on any atom is -0.490 e. The average Bonchev–Trinajstić information content (AvgIpc) is 2.82. The third kappa shape index (κ3) is 3.41. The van der Waals surface area contributed by atoms with Crippen molar-refractivity contribution >= 4 is 11.8 Å². The highest BCUT2D eigenvalue weighted by Crippen LogP contribution is 2.31. The second-order valence-corrected chi connectivity index (χ2v) is 6.72. The fourth-order valence-corrected chi connectivity index (χ4v) is 3.72. The molecule has 0 aromatic heterocycles. The van der Waals surface area contributed by atoms with Crippen molar-refractivity contribution in [2.75, 3.05) is 19.5 Å². The molecule has 3 rings (SSSR count). The van der Waals surface area contributed by atoms with E-state index < -0.39 is 0 Å². The Balaban J connectivity index is 1.57. The van der Waals surface area contributed by atoms with Crippen molar-refractivity contribution in [2.45, 2.75) is 43.5 Å². The van der Waals surface area contributed by atoms with E-state index >= 15 is 0 Å². The van der Waals surface area contributed by atoms with Crippen LogP contribution in [-0.2, 0) is 6.54 Å². The Morgan fingerprint density at radius 2 is 2.05 bits per heavy atom. The van der Waals surface area contributed by atoms with Gasteiger partial charge < -0.3 is 14.8 Å². The molecule has 1 heterocycles. The molecule has 20 heavy (non-hydrogen) atoms. The molecule has 1 saturated carbocycles. The zero-order valence-electron chi connectivity index (χ0n) is 12.1. The maximum atomic E-state index is 5.74. The van der Waals surface area contributed by atoms with E-state index in [4.69, 9.17) is 9.47 Å². The van der Waals surface area contributed by atoms with E-state index in [1.54, 1.807) is 0 Å². The van der Waals surface area contributed by atoms with Gasteiger partial charge in [-0.2, -0.15) is 11.8 Å². The number of thioether (sulfide) groups is 1. The lowest BCUT2D eigenvalue weighted by molar-refractivity contribution is 0.297. The lowest BCUT2D eigenvalue weighted by Crippen LogP contribution is -2.26. The van der Waals surface area contributed by atoms with Crippen LogP contribution in [0.5, 0.6) is 11.5 Å². The molecule has 1 N–H and O–H groups in total. The van der Waals surface area contributed by atoms with E-state index in [2.05, 4.69) is 23.7 Å². The summed E-state index contributed by atoms with van der Waals surface area (Å²) in [6, 6.07) is 6.97. The Kier molecular flexibility index (Phi) is 4.73. The van der Waals surface area contributed by atoms with Gasteiger partial charge in [0.1, 0.15) is 0 Å². The molecule has 1 fully saturated rings. The first-order valence-corrected chi connectivity index (χ1v) is 8.78. The minimum atomic E-state index is 0.670. The fourth-order valence-electron chi connectivity index (χ4n) is 2.92. The second kappa shape index (κ2) is 6.72. The summed E-state index contributed by atoms with van der Waals surface area (Å²) in [6.45, 7) is 2.42. The highest BCUT2D eigenvalue weighted by molar-refractivity contribution is 7.99. The first kappa shape index (κ1) is 14.1. The molecule has 1 aliphatic carbocycles. The van der Waals surface area contributed by atoms with Crippen molar-refractivity contribution in [3.63, 3.8) is 0 Å². The van der Waals surface area contributed by atoms with Crippen molar-refractivity contribution < 1.29 is 9.47 Å². The van der Waals surface area contributed by atoms with Crippen molar-refractivity contribution in [1.82, 2.24) is 5.32 Å². The molecular formula is C16H23NO2S. The van der Waals surface area contributed by atoms with E-state index in [1.807, 2.05) is 17.8 Å². The summed E-state index contributed by atoms with van der Waals surface area (Å²) in [4.78, 5) is 0. The van der Waals surface area contributed by atoms with Crippen LogP contribution in [0.2, 0.25) is 0 Å². The van der Waals surface area contributed by atoms with Crippen molar-refractivity contribution in [3.8, 4) is 11.5 Å². The number of ether oxygens (including phenoxy) is 2. The number of fused-ring (bicyclic) bond motifs is 1. The SMILES string of the molecule is CSC1CCC(NCc2ccc3c(c2)OCCCO3)C1. The maximum absolute atomic E-state index is 5.74. The minimum absolute atomic E-state index is 0.670. The molecule has 4 heteroatoms.